The van der Waals surface area contributed by atoms with Crippen LogP contribution in [0.1, 0.15) is 107 Å². The Morgan fingerprint density at radius 3 is 2.27 bits per heavy atom. The van der Waals surface area contributed by atoms with Gasteiger partial charge in [0.1, 0.15) is 19.3 Å². The minimum absolute atomic E-state index is 0.0135. The van der Waals surface area contributed by atoms with Crippen molar-refractivity contribution in [3.8, 4) is 0 Å². The number of ether oxygens (including phenoxy) is 4. The van der Waals surface area contributed by atoms with E-state index in [4.69, 9.17) is 18.9 Å². The van der Waals surface area contributed by atoms with Crippen LogP contribution in [0, 0.1) is 28.6 Å². The number of nitrogens with zero attached hydrogens (tertiary/aromatic N) is 1. The molecule has 2 aromatic carbocycles. The summed E-state index contributed by atoms with van der Waals surface area (Å²) in [7, 11) is 0. The van der Waals surface area contributed by atoms with Crippen molar-refractivity contribution < 1.29 is 77.4 Å². The number of imide groups is 1. The molecule has 420 valence electrons. The van der Waals surface area contributed by atoms with Crippen molar-refractivity contribution in [1.29, 1.82) is 0 Å². The van der Waals surface area contributed by atoms with Crippen molar-refractivity contribution in [3.63, 3.8) is 0 Å². The van der Waals surface area contributed by atoms with Gasteiger partial charge in [0, 0.05) is 66.0 Å². The van der Waals surface area contributed by atoms with Crippen LogP contribution in [-0.2, 0) is 70.3 Å². The predicted octanol–water partition coefficient (Wildman–Crippen LogP) is 3.56. The molecule has 3 saturated heterocycles. The number of hydrogen-bond donors (Lipinski definition) is 7. The van der Waals surface area contributed by atoms with Gasteiger partial charge >= 0.3 is 12.1 Å². The Hall–Kier alpha value is -6.91. The fourth-order valence-electron chi connectivity index (χ4n) is 14.4. The standard InChI is InChI=1S/C58H67N5O16/c1-54-19-17-38(65)25-36(54)9-12-39-40-26-44-58(43(67)30-64,55(40,2)28-42(66)50(39)54)79-52(78-44)35-7-3-33(4-8-35)27-57-22-20-56(21-23-57,32-77-57)62-53(75)76-31-34-5-10-37(11-6-34)60-51(74)41(13-16-49(72)73)61-46(69)29-59-45(68)18-24-63-47(70)14-15-48(63)71/h3-8,10-11,14-15,17,19,25,39-42,44,50,52,64,66H,9,12-13,16,18,20-24,26-32H2,1-2H3,(H,59,68)(H,60,74)(H,61,69)(H,62,75)(H,72,73)/t39-,40-,41-,42-,44+,50+,52+,54-,55-,56?,57?,58+/m0/s1. The molecule has 5 aliphatic carbocycles. The molecule has 9 aliphatic rings. The van der Waals surface area contributed by atoms with Crippen LogP contribution in [-0.4, -0.2) is 135 Å². The fraction of sp³-hybridized carbons (Fsp3) is 0.534. The molecule has 2 bridgehead atoms. The molecule has 4 saturated carbocycles. The molecule has 0 aromatic heterocycles. The molecule has 6 amide bonds. The molecule has 21 nitrogen and oxygen atoms in total. The number of carbonyl (C=O) groups is 9. The fourth-order valence-corrected chi connectivity index (χ4v) is 14.4. The largest absolute Gasteiger partial charge is 0.481 e. The summed E-state index contributed by atoms with van der Waals surface area (Å²) >= 11 is 0. The average Bonchev–Trinajstić information content (AvgIpc) is 2.63. The quantitative estimate of drug-likeness (QED) is 0.0990. The number of benzene rings is 2. The summed E-state index contributed by atoms with van der Waals surface area (Å²) in [6, 6.07) is 13.0. The minimum atomic E-state index is -1.45. The highest BCUT2D eigenvalue weighted by molar-refractivity contribution is 6.13. The number of rotatable bonds is 19. The second-order valence-electron chi connectivity index (χ2n) is 23.1. The third-order valence-electron chi connectivity index (χ3n) is 18.5. The highest BCUT2D eigenvalue weighted by Gasteiger charge is 2.76. The molecule has 21 heteroatoms. The minimum Gasteiger partial charge on any atom is -0.481 e. The van der Waals surface area contributed by atoms with Crippen molar-refractivity contribution in [2.75, 3.05) is 31.6 Å². The van der Waals surface area contributed by atoms with Gasteiger partial charge in [0.15, 0.2) is 23.5 Å². The maximum atomic E-state index is 14.0. The summed E-state index contributed by atoms with van der Waals surface area (Å²) in [6.07, 6.45) is 9.39. The van der Waals surface area contributed by atoms with E-state index in [2.05, 4.69) is 28.2 Å². The van der Waals surface area contributed by atoms with Crippen molar-refractivity contribution in [2.24, 2.45) is 28.6 Å². The number of hydrogen-bond acceptors (Lipinski definition) is 15. The number of carboxylic acids is 1. The van der Waals surface area contributed by atoms with Crippen LogP contribution in [0.2, 0.25) is 0 Å². The van der Waals surface area contributed by atoms with Gasteiger partial charge in [0.05, 0.1) is 36.5 Å². The van der Waals surface area contributed by atoms with Gasteiger partial charge in [-0.2, -0.15) is 0 Å². The monoisotopic (exact) mass is 1090 g/mol. The number of aliphatic carboxylic acids is 1. The van der Waals surface area contributed by atoms with Gasteiger partial charge in [-0.05, 0) is 105 Å². The first kappa shape index (κ1) is 55.4. The summed E-state index contributed by atoms with van der Waals surface area (Å²) in [5.41, 5.74) is -0.0174. The van der Waals surface area contributed by atoms with Crippen LogP contribution in [0.15, 0.2) is 84.5 Å². The number of anilines is 1. The lowest BCUT2D eigenvalue weighted by atomic mass is 9.46. The van der Waals surface area contributed by atoms with Crippen LogP contribution in [0.25, 0.3) is 0 Å². The Balaban J connectivity index is 0.677. The van der Waals surface area contributed by atoms with Gasteiger partial charge in [0.2, 0.25) is 17.7 Å². The molecular weight excluding hydrogens is 1020 g/mol. The number of nitrogens with one attached hydrogen (secondary N) is 4. The highest BCUT2D eigenvalue weighted by atomic mass is 16.7. The zero-order valence-electron chi connectivity index (χ0n) is 44.2. The molecule has 7 fully saturated rings. The molecule has 4 aliphatic heterocycles. The van der Waals surface area contributed by atoms with Gasteiger partial charge in [-0.15, -0.1) is 0 Å². The average molecular weight is 1090 g/mol. The summed E-state index contributed by atoms with van der Waals surface area (Å²) in [5.74, 6) is -4.95. The number of amides is 6. The maximum Gasteiger partial charge on any atom is 0.407 e. The Kier molecular flexibility index (Phi) is 15.2. The molecule has 11 rings (SSSR count). The molecule has 0 radical (unpaired) electrons. The Morgan fingerprint density at radius 1 is 0.886 bits per heavy atom. The SMILES string of the molecule is C[C@]12C=CC(=O)C=C1CC[C@@H]1[C@@H]2[C@@H](O)C[C@@]2(C)[C@H]1C[C@H]1O[C@@H](c3ccc(CC45CCC(NC(=O)OCc6ccc(NC(=O)[C@H](CCC(=O)O)NC(=O)CNC(=O)CCN7C(=O)C=CC7=O)cc6)(CC4)CO5)cc3)O[C@]12C(=O)CO. The second-order valence-corrected chi connectivity index (χ2v) is 23.1. The lowest BCUT2D eigenvalue weighted by molar-refractivity contribution is -0.201. The molecule has 2 aromatic rings. The number of ketones is 2. The van der Waals surface area contributed by atoms with Crippen molar-refractivity contribution in [1.82, 2.24) is 20.9 Å². The normalized spacial score (nSPS) is 33.2. The zero-order valence-corrected chi connectivity index (χ0v) is 44.2. The molecule has 0 spiro atoms. The predicted molar refractivity (Wildman–Crippen MR) is 278 cm³/mol. The Morgan fingerprint density at radius 2 is 1.59 bits per heavy atom. The number of alkyl carbamates (subject to hydrolysis) is 1. The smallest absolute Gasteiger partial charge is 0.407 e. The van der Waals surface area contributed by atoms with Gasteiger partial charge in [-0.3, -0.25) is 43.3 Å². The van der Waals surface area contributed by atoms with E-state index < -0.39 is 119 Å². The summed E-state index contributed by atoms with van der Waals surface area (Å²) in [6.45, 7) is 2.91. The molecular formula is C58H67N5O16. The van der Waals surface area contributed by atoms with E-state index in [-0.39, 0.29) is 49.5 Å². The van der Waals surface area contributed by atoms with Crippen LogP contribution in [0.4, 0.5) is 10.5 Å². The Labute approximate surface area is 455 Å². The van der Waals surface area contributed by atoms with Crippen LogP contribution < -0.4 is 21.3 Å². The van der Waals surface area contributed by atoms with Gasteiger partial charge in [-0.1, -0.05) is 61.9 Å². The van der Waals surface area contributed by atoms with Gasteiger partial charge < -0.3 is 55.5 Å². The van der Waals surface area contributed by atoms with Crippen molar-refractivity contribution in [2.45, 2.75) is 139 Å². The van der Waals surface area contributed by atoms with E-state index in [1.165, 1.54) is 0 Å². The van der Waals surface area contributed by atoms with Crippen LogP contribution >= 0.6 is 0 Å². The molecule has 7 N–H and O–H groups in total. The van der Waals surface area contributed by atoms with Crippen LogP contribution in [0.5, 0.6) is 0 Å². The van der Waals surface area contributed by atoms with Crippen molar-refractivity contribution in [3.05, 3.63) is 101 Å². The maximum absolute atomic E-state index is 14.0. The van der Waals surface area contributed by atoms with E-state index in [1.807, 2.05) is 37.3 Å². The summed E-state index contributed by atoms with van der Waals surface area (Å²) < 4.78 is 25.6. The van der Waals surface area contributed by atoms with E-state index >= 15 is 0 Å². The Bertz CT molecular complexity index is 2880. The summed E-state index contributed by atoms with van der Waals surface area (Å²) in [4.78, 5) is 113. The molecule has 79 heavy (non-hydrogen) atoms. The third-order valence-corrected chi connectivity index (χ3v) is 18.5. The van der Waals surface area contributed by atoms with E-state index in [9.17, 15) is 58.5 Å². The van der Waals surface area contributed by atoms with Gasteiger partial charge in [0.25, 0.3) is 11.8 Å². The topological polar surface area (TPSA) is 303 Å². The lowest BCUT2D eigenvalue weighted by Crippen LogP contribution is -2.63. The first-order chi connectivity index (χ1) is 37.7. The van der Waals surface area contributed by atoms with Crippen LogP contribution in [0.3, 0.4) is 0 Å². The second kappa shape index (κ2) is 21.6. The number of carbonyl (C=O) groups excluding carboxylic acids is 8. The third kappa shape index (κ3) is 10.6. The molecule has 4 heterocycles. The number of aliphatic hydroxyl groups is 2. The van der Waals surface area contributed by atoms with E-state index in [1.54, 1.807) is 36.4 Å². The summed E-state index contributed by atoms with van der Waals surface area (Å²) in [5, 5.41) is 42.2. The number of carboxylic acid groups (broad SMARTS) is 1. The van der Waals surface area contributed by atoms with E-state index in [0.717, 1.165) is 46.6 Å². The number of Topliss-reactive ketones (excluding diaryl/α,β-unsaturated/α-hetero) is 1. The number of aliphatic hydroxyl groups excluding tert-OH is 2. The van der Waals surface area contributed by atoms with Crippen molar-refractivity contribution >= 4 is 58.9 Å². The zero-order chi connectivity index (χ0) is 56.1. The molecule has 10 atom stereocenters. The highest BCUT2D eigenvalue weighted by Crippen LogP contribution is 2.70. The lowest BCUT2D eigenvalue weighted by Gasteiger charge is -2.59. The number of allylic oxidation sites excluding steroid dienone is 4. The first-order valence-corrected chi connectivity index (χ1v) is 27.2. The molecule has 0 unspecified atom stereocenters. The number of fused-ring (bicyclic) bond motifs is 10. The van der Waals surface area contributed by atoms with E-state index in [0.29, 0.717) is 62.8 Å². The van der Waals surface area contributed by atoms with Gasteiger partial charge in [-0.25, -0.2) is 4.79 Å². The first-order valence-electron chi connectivity index (χ1n) is 27.2.